The number of thiazole rings is 1. The van der Waals surface area contributed by atoms with Crippen molar-refractivity contribution in [2.45, 2.75) is 19.0 Å². The summed E-state index contributed by atoms with van der Waals surface area (Å²) in [4.78, 5) is 15.9. The van der Waals surface area contributed by atoms with Gasteiger partial charge in [-0.15, -0.1) is 11.3 Å². The molecule has 124 valence electrons. The molecule has 1 amide bonds. The van der Waals surface area contributed by atoms with Crippen molar-refractivity contribution >= 4 is 17.2 Å². The zero-order valence-corrected chi connectivity index (χ0v) is 13.0. The maximum absolute atomic E-state index is 12.7. The number of carbonyl (C=O) groups excluding carboxylic acids is 1. The fourth-order valence-electron chi connectivity index (χ4n) is 1.91. The van der Waals surface area contributed by atoms with Crippen molar-refractivity contribution in [3.8, 4) is 10.6 Å². The van der Waals surface area contributed by atoms with Crippen molar-refractivity contribution in [2.24, 2.45) is 5.73 Å². The number of carbonyl (C=O) groups is 1. The van der Waals surface area contributed by atoms with E-state index in [4.69, 9.17) is 5.73 Å². The largest absolute Gasteiger partial charge is 0.416 e. The van der Waals surface area contributed by atoms with Crippen molar-refractivity contribution in [1.29, 1.82) is 0 Å². The number of benzene rings is 1. The van der Waals surface area contributed by atoms with Gasteiger partial charge < -0.3 is 11.1 Å². The number of hydrogen-bond donors (Lipinski definition) is 2. The summed E-state index contributed by atoms with van der Waals surface area (Å²) in [6.45, 7) is 0.997. The van der Waals surface area contributed by atoms with Crippen molar-refractivity contribution in [3.05, 3.63) is 40.9 Å². The predicted molar refractivity (Wildman–Crippen MR) is 82.9 cm³/mol. The van der Waals surface area contributed by atoms with Crippen LogP contribution in [0, 0.1) is 0 Å². The second-order valence-corrected chi connectivity index (χ2v) is 5.75. The van der Waals surface area contributed by atoms with E-state index in [2.05, 4.69) is 10.3 Å². The van der Waals surface area contributed by atoms with E-state index in [-0.39, 0.29) is 12.3 Å². The maximum Gasteiger partial charge on any atom is 0.416 e. The summed E-state index contributed by atoms with van der Waals surface area (Å²) >= 11 is 1.21. The van der Waals surface area contributed by atoms with Gasteiger partial charge in [0.15, 0.2) is 0 Å². The Morgan fingerprint density at radius 2 is 2.13 bits per heavy atom. The van der Waals surface area contributed by atoms with Gasteiger partial charge in [0.2, 0.25) is 5.91 Å². The molecule has 2 rings (SSSR count). The molecule has 0 fully saturated rings. The third-order valence-electron chi connectivity index (χ3n) is 3.03. The fraction of sp³-hybridized carbons (Fsp3) is 0.333. The van der Waals surface area contributed by atoms with Gasteiger partial charge in [0.05, 0.1) is 17.7 Å². The molecule has 0 saturated heterocycles. The molecule has 0 unspecified atom stereocenters. The lowest BCUT2D eigenvalue weighted by atomic mass is 10.1. The summed E-state index contributed by atoms with van der Waals surface area (Å²) in [5.41, 5.74) is 5.54. The Balaban J connectivity index is 2.06. The highest BCUT2D eigenvalue weighted by Crippen LogP contribution is 2.33. The van der Waals surface area contributed by atoms with Gasteiger partial charge in [-0.1, -0.05) is 12.1 Å². The molecule has 0 saturated carbocycles. The van der Waals surface area contributed by atoms with Crippen LogP contribution in [0.25, 0.3) is 10.6 Å². The van der Waals surface area contributed by atoms with Crippen molar-refractivity contribution in [3.63, 3.8) is 0 Å². The normalized spacial score (nSPS) is 11.5. The first-order valence-electron chi connectivity index (χ1n) is 6.99. The van der Waals surface area contributed by atoms with Gasteiger partial charge in [0, 0.05) is 17.5 Å². The Morgan fingerprint density at radius 1 is 1.35 bits per heavy atom. The van der Waals surface area contributed by atoms with Crippen LogP contribution in [0.15, 0.2) is 29.6 Å². The van der Waals surface area contributed by atoms with E-state index in [0.29, 0.717) is 35.8 Å². The maximum atomic E-state index is 12.7. The standard InChI is InChI=1S/C15H16F3N3OS/c16-15(17,18)11-4-1-3-10(7-11)14-21-12(9-23-14)8-13(22)20-6-2-5-19/h1,3-4,7,9H,2,5-6,8,19H2,(H,20,22). The Morgan fingerprint density at radius 3 is 2.83 bits per heavy atom. The van der Waals surface area contributed by atoms with Gasteiger partial charge in [-0.05, 0) is 25.1 Å². The minimum Gasteiger partial charge on any atom is -0.356 e. The third kappa shape index (κ3) is 5.04. The van der Waals surface area contributed by atoms with Gasteiger partial charge in [-0.2, -0.15) is 13.2 Å². The van der Waals surface area contributed by atoms with Crippen molar-refractivity contribution in [1.82, 2.24) is 10.3 Å². The second kappa shape index (κ2) is 7.56. The predicted octanol–water partition coefficient (Wildman–Crippen LogP) is 2.84. The number of amides is 1. The Labute approximate surface area is 135 Å². The molecule has 0 spiro atoms. The highest BCUT2D eigenvalue weighted by molar-refractivity contribution is 7.13. The summed E-state index contributed by atoms with van der Waals surface area (Å²) in [6.07, 6.45) is -3.60. The Bertz CT molecular complexity index is 670. The molecule has 4 nitrogen and oxygen atoms in total. The third-order valence-corrected chi connectivity index (χ3v) is 3.97. The van der Waals surface area contributed by atoms with Gasteiger partial charge in [0.1, 0.15) is 5.01 Å². The number of alkyl halides is 3. The quantitative estimate of drug-likeness (QED) is 0.793. The topological polar surface area (TPSA) is 68.0 Å². The average Bonchev–Trinajstić information content (AvgIpc) is 2.95. The highest BCUT2D eigenvalue weighted by atomic mass is 32.1. The molecule has 0 aliphatic heterocycles. The number of rotatable bonds is 6. The van der Waals surface area contributed by atoms with E-state index in [0.717, 1.165) is 12.1 Å². The van der Waals surface area contributed by atoms with Crippen molar-refractivity contribution in [2.75, 3.05) is 13.1 Å². The van der Waals surface area contributed by atoms with Crippen LogP contribution in [-0.2, 0) is 17.4 Å². The van der Waals surface area contributed by atoms with E-state index in [1.807, 2.05) is 0 Å². The fourth-order valence-corrected chi connectivity index (χ4v) is 2.72. The molecular formula is C15H16F3N3OS. The zero-order valence-electron chi connectivity index (χ0n) is 12.2. The number of halogens is 3. The number of nitrogens with two attached hydrogens (primary N) is 1. The molecule has 0 aliphatic carbocycles. The second-order valence-electron chi connectivity index (χ2n) is 4.89. The lowest BCUT2D eigenvalue weighted by molar-refractivity contribution is -0.137. The number of aromatic nitrogens is 1. The summed E-state index contributed by atoms with van der Waals surface area (Å²) in [5.74, 6) is -0.181. The van der Waals surface area contributed by atoms with Crippen LogP contribution in [0.3, 0.4) is 0 Å². The van der Waals surface area contributed by atoms with Gasteiger partial charge in [-0.25, -0.2) is 4.98 Å². The summed E-state index contributed by atoms with van der Waals surface area (Å²) < 4.78 is 38.2. The molecule has 0 bridgehead atoms. The molecule has 1 heterocycles. The number of hydrogen-bond acceptors (Lipinski definition) is 4. The van der Waals surface area contributed by atoms with Crippen LogP contribution >= 0.6 is 11.3 Å². The van der Waals surface area contributed by atoms with Crippen LogP contribution < -0.4 is 11.1 Å². The molecule has 3 N–H and O–H groups in total. The van der Waals surface area contributed by atoms with E-state index >= 15 is 0 Å². The molecule has 2 aromatic rings. The molecule has 8 heteroatoms. The first kappa shape index (κ1) is 17.4. The van der Waals surface area contributed by atoms with E-state index in [1.54, 1.807) is 11.4 Å². The van der Waals surface area contributed by atoms with Crippen LogP contribution in [0.4, 0.5) is 13.2 Å². The first-order valence-corrected chi connectivity index (χ1v) is 7.87. The minimum absolute atomic E-state index is 0.0973. The van der Waals surface area contributed by atoms with Crippen LogP contribution in [0.2, 0.25) is 0 Å². The lowest BCUT2D eigenvalue weighted by Crippen LogP contribution is -2.27. The van der Waals surface area contributed by atoms with E-state index < -0.39 is 11.7 Å². The molecule has 23 heavy (non-hydrogen) atoms. The van der Waals surface area contributed by atoms with E-state index in [9.17, 15) is 18.0 Å². The van der Waals surface area contributed by atoms with Gasteiger partial charge in [-0.3, -0.25) is 4.79 Å². The Hall–Kier alpha value is -1.93. The van der Waals surface area contributed by atoms with Crippen LogP contribution in [0.1, 0.15) is 17.7 Å². The molecule has 0 atom stereocenters. The first-order chi connectivity index (χ1) is 10.9. The minimum atomic E-state index is -4.39. The average molecular weight is 343 g/mol. The Kier molecular flexibility index (Phi) is 5.73. The molecule has 0 radical (unpaired) electrons. The van der Waals surface area contributed by atoms with Crippen LogP contribution in [0.5, 0.6) is 0 Å². The monoisotopic (exact) mass is 343 g/mol. The number of nitrogens with zero attached hydrogens (tertiary/aromatic N) is 1. The molecule has 0 aliphatic rings. The highest BCUT2D eigenvalue weighted by Gasteiger charge is 2.30. The van der Waals surface area contributed by atoms with Crippen molar-refractivity contribution < 1.29 is 18.0 Å². The summed E-state index contributed by atoms with van der Waals surface area (Å²) in [6, 6.07) is 4.99. The SMILES string of the molecule is NCCCNC(=O)Cc1csc(-c2cccc(C(F)(F)F)c2)n1. The summed E-state index contributed by atoms with van der Waals surface area (Å²) in [7, 11) is 0. The molecule has 1 aromatic heterocycles. The molecular weight excluding hydrogens is 327 g/mol. The zero-order chi connectivity index (χ0) is 16.9. The van der Waals surface area contributed by atoms with E-state index in [1.165, 1.54) is 17.4 Å². The van der Waals surface area contributed by atoms with Gasteiger partial charge in [0.25, 0.3) is 0 Å². The van der Waals surface area contributed by atoms with Crippen LogP contribution in [-0.4, -0.2) is 24.0 Å². The lowest BCUT2D eigenvalue weighted by Gasteiger charge is -2.07. The van der Waals surface area contributed by atoms with Gasteiger partial charge >= 0.3 is 6.18 Å². The summed E-state index contributed by atoms with van der Waals surface area (Å²) in [5, 5.41) is 4.84. The number of nitrogens with one attached hydrogen (secondary N) is 1. The molecule has 1 aromatic carbocycles. The smallest absolute Gasteiger partial charge is 0.356 e.